The Hall–Kier alpha value is -0.900. The highest BCUT2D eigenvalue weighted by atomic mass is 15.2. The molecule has 0 amide bonds. The molecule has 3 aliphatic rings. The summed E-state index contributed by atoms with van der Waals surface area (Å²) in [5.74, 6) is 0. The largest absolute Gasteiger partial charge is 0.302 e. The predicted molar refractivity (Wildman–Crippen MR) is 100 cm³/mol. The Kier molecular flexibility index (Phi) is 4.93. The number of hydrogen-bond donors (Lipinski definition) is 0. The third-order valence-electron chi connectivity index (χ3n) is 6.83. The summed E-state index contributed by atoms with van der Waals surface area (Å²) in [6, 6.07) is 9.20. The van der Waals surface area contributed by atoms with Crippen molar-refractivity contribution in [3.8, 4) is 0 Å². The van der Waals surface area contributed by atoms with E-state index in [9.17, 15) is 0 Å². The lowest BCUT2D eigenvalue weighted by molar-refractivity contribution is 0.0245. The van der Waals surface area contributed by atoms with E-state index in [1.807, 2.05) is 0 Å². The minimum absolute atomic E-state index is 0.302. The SMILES string of the molecule is CN1CCc2ccccc2C12CCN(CCN1CCCCC1)CC2. The van der Waals surface area contributed by atoms with Gasteiger partial charge >= 0.3 is 0 Å². The molecule has 2 fully saturated rings. The van der Waals surface area contributed by atoms with E-state index in [4.69, 9.17) is 0 Å². The molecular formula is C21H33N3. The van der Waals surface area contributed by atoms with Crippen LogP contribution < -0.4 is 0 Å². The molecule has 24 heavy (non-hydrogen) atoms. The van der Waals surface area contributed by atoms with Crippen molar-refractivity contribution >= 4 is 0 Å². The molecule has 132 valence electrons. The summed E-state index contributed by atoms with van der Waals surface area (Å²) in [5.41, 5.74) is 3.52. The van der Waals surface area contributed by atoms with E-state index >= 15 is 0 Å². The Morgan fingerprint density at radius 1 is 0.833 bits per heavy atom. The quantitative estimate of drug-likeness (QED) is 0.845. The summed E-state index contributed by atoms with van der Waals surface area (Å²) < 4.78 is 0. The van der Waals surface area contributed by atoms with Crippen molar-refractivity contribution in [3.63, 3.8) is 0 Å². The molecule has 0 unspecified atom stereocenters. The molecule has 1 spiro atoms. The van der Waals surface area contributed by atoms with Crippen molar-refractivity contribution in [1.29, 1.82) is 0 Å². The van der Waals surface area contributed by atoms with E-state index in [2.05, 4.69) is 46.0 Å². The topological polar surface area (TPSA) is 9.72 Å². The van der Waals surface area contributed by atoms with Gasteiger partial charge in [0.15, 0.2) is 0 Å². The van der Waals surface area contributed by atoms with Gasteiger partial charge in [0, 0.05) is 38.3 Å². The van der Waals surface area contributed by atoms with Gasteiger partial charge in [0.25, 0.3) is 0 Å². The van der Waals surface area contributed by atoms with Crippen LogP contribution in [0.4, 0.5) is 0 Å². The fourth-order valence-electron chi connectivity index (χ4n) is 5.16. The lowest BCUT2D eigenvalue weighted by Crippen LogP contribution is -2.55. The molecule has 2 saturated heterocycles. The maximum atomic E-state index is 2.71. The molecule has 0 bridgehead atoms. The van der Waals surface area contributed by atoms with Gasteiger partial charge in [0.05, 0.1) is 0 Å². The Balaban J connectivity index is 1.38. The molecular weight excluding hydrogens is 294 g/mol. The predicted octanol–water partition coefficient (Wildman–Crippen LogP) is 2.95. The molecule has 0 aliphatic carbocycles. The molecule has 4 rings (SSSR count). The van der Waals surface area contributed by atoms with Gasteiger partial charge in [-0.3, -0.25) is 4.90 Å². The van der Waals surface area contributed by atoms with Crippen molar-refractivity contribution < 1.29 is 0 Å². The van der Waals surface area contributed by atoms with Crippen LogP contribution in [0.25, 0.3) is 0 Å². The average molecular weight is 328 g/mol. The van der Waals surface area contributed by atoms with E-state index in [1.165, 1.54) is 84.3 Å². The zero-order valence-corrected chi connectivity index (χ0v) is 15.3. The number of rotatable bonds is 3. The Labute approximate surface area is 147 Å². The van der Waals surface area contributed by atoms with Crippen LogP contribution in [0, 0.1) is 0 Å². The molecule has 3 aliphatic heterocycles. The van der Waals surface area contributed by atoms with Gasteiger partial charge in [-0.05, 0) is 63.4 Å². The van der Waals surface area contributed by atoms with Crippen LogP contribution in [0.2, 0.25) is 0 Å². The highest BCUT2D eigenvalue weighted by Crippen LogP contribution is 2.42. The Bertz CT molecular complexity index is 542. The number of likely N-dealkylation sites (N-methyl/N-ethyl adjacent to an activating group) is 1. The molecule has 3 heteroatoms. The number of nitrogens with zero attached hydrogens (tertiary/aromatic N) is 3. The monoisotopic (exact) mass is 327 g/mol. The number of benzene rings is 1. The van der Waals surface area contributed by atoms with Gasteiger partial charge in [-0.2, -0.15) is 0 Å². The first kappa shape index (κ1) is 16.6. The van der Waals surface area contributed by atoms with Gasteiger partial charge in [0.2, 0.25) is 0 Å². The van der Waals surface area contributed by atoms with Crippen molar-refractivity contribution in [2.75, 3.05) is 52.9 Å². The van der Waals surface area contributed by atoms with Gasteiger partial charge in [0.1, 0.15) is 0 Å². The van der Waals surface area contributed by atoms with Crippen molar-refractivity contribution in [1.82, 2.24) is 14.7 Å². The van der Waals surface area contributed by atoms with E-state index in [0.717, 1.165) is 0 Å². The van der Waals surface area contributed by atoms with Gasteiger partial charge in [-0.25, -0.2) is 0 Å². The van der Waals surface area contributed by atoms with Gasteiger partial charge in [-0.1, -0.05) is 30.7 Å². The Morgan fingerprint density at radius 2 is 1.50 bits per heavy atom. The highest BCUT2D eigenvalue weighted by molar-refractivity contribution is 5.37. The minimum atomic E-state index is 0.302. The smallest absolute Gasteiger partial charge is 0.0484 e. The maximum Gasteiger partial charge on any atom is 0.0484 e. The number of fused-ring (bicyclic) bond motifs is 2. The third kappa shape index (κ3) is 3.14. The molecule has 3 heterocycles. The van der Waals surface area contributed by atoms with E-state index in [-0.39, 0.29) is 0 Å². The van der Waals surface area contributed by atoms with E-state index in [1.54, 1.807) is 11.1 Å². The van der Waals surface area contributed by atoms with Crippen molar-refractivity contribution in [2.45, 2.75) is 44.1 Å². The first-order valence-corrected chi connectivity index (χ1v) is 10.0. The standard InChI is InChI=1S/C21H33N3/c1-22-14-9-19-7-3-4-8-20(19)21(22)10-15-24(16-11-21)18-17-23-12-5-2-6-13-23/h3-4,7-8H,2,5-6,9-18H2,1H3. The fourth-order valence-corrected chi connectivity index (χ4v) is 5.16. The van der Waals surface area contributed by atoms with Crippen LogP contribution in [0.1, 0.15) is 43.2 Å². The number of likely N-dealkylation sites (tertiary alicyclic amines) is 2. The molecule has 0 N–H and O–H groups in total. The third-order valence-corrected chi connectivity index (χ3v) is 6.83. The first-order chi connectivity index (χ1) is 11.8. The van der Waals surface area contributed by atoms with Crippen LogP contribution in [0.15, 0.2) is 24.3 Å². The molecule has 0 saturated carbocycles. The second-order valence-corrected chi connectivity index (χ2v) is 8.10. The van der Waals surface area contributed by atoms with Crippen LogP contribution in [-0.2, 0) is 12.0 Å². The summed E-state index contributed by atoms with van der Waals surface area (Å²) in [7, 11) is 2.35. The number of piperidine rings is 2. The first-order valence-electron chi connectivity index (χ1n) is 10.0. The summed E-state index contributed by atoms with van der Waals surface area (Å²) in [6.07, 6.45) is 8.05. The van der Waals surface area contributed by atoms with Crippen LogP contribution in [-0.4, -0.2) is 67.6 Å². The molecule has 1 aromatic carbocycles. The second-order valence-electron chi connectivity index (χ2n) is 8.10. The lowest BCUT2D eigenvalue weighted by atomic mass is 9.74. The van der Waals surface area contributed by atoms with E-state index < -0.39 is 0 Å². The fraction of sp³-hybridized carbons (Fsp3) is 0.714. The molecule has 3 nitrogen and oxygen atoms in total. The second kappa shape index (κ2) is 7.15. The maximum absolute atomic E-state index is 2.71. The normalized spacial score (nSPS) is 25.7. The zero-order chi connectivity index (χ0) is 16.4. The average Bonchev–Trinajstić information content (AvgIpc) is 2.65. The molecule has 1 aromatic rings. The van der Waals surface area contributed by atoms with Gasteiger partial charge in [-0.15, -0.1) is 0 Å². The lowest BCUT2D eigenvalue weighted by Gasteiger charge is -2.51. The molecule has 0 atom stereocenters. The van der Waals surface area contributed by atoms with E-state index in [0.29, 0.717) is 5.54 Å². The van der Waals surface area contributed by atoms with Gasteiger partial charge < -0.3 is 9.80 Å². The van der Waals surface area contributed by atoms with Crippen LogP contribution in [0.5, 0.6) is 0 Å². The Morgan fingerprint density at radius 3 is 2.25 bits per heavy atom. The summed E-state index contributed by atoms with van der Waals surface area (Å²) in [6.45, 7) is 8.92. The van der Waals surface area contributed by atoms with Crippen molar-refractivity contribution in [2.24, 2.45) is 0 Å². The summed E-state index contributed by atoms with van der Waals surface area (Å²) >= 11 is 0. The highest BCUT2D eigenvalue weighted by Gasteiger charge is 2.42. The number of hydrogen-bond acceptors (Lipinski definition) is 3. The minimum Gasteiger partial charge on any atom is -0.302 e. The van der Waals surface area contributed by atoms with Crippen LogP contribution in [0.3, 0.4) is 0 Å². The summed E-state index contributed by atoms with van der Waals surface area (Å²) in [4.78, 5) is 8.04. The zero-order valence-electron chi connectivity index (χ0n) is 15.3. The molecule has 0 radical (unpaired) electrons. The van der Waals surface area contributed by atoms with Crippen molar-refractivity contribution in [3.05, 3.63) is 35.4 Å². The van der Waals surface area contributed by atoms with Crippen LogP contribution >= 0.6 is 0 Å². The molecule has 0 aromatic heterocycles. The summed E-state index contributed by atoms with van der Waals surface area (Å²) in [5, 5.41) is 0.